The molecular weight excluding hydrogens is 359 g/mol. The molecule has 0 spiro atoms. The van der Waals surface area contributed by atoms with Crippen LogP contribution in [0.15, 0.2) is 11.3 Å². The first kappa shape index (κ1) is 17.4. The van der Waals surface area contributed by atoms with E-state index < -0.39 is 15.5 Å². The van der Waals surface area contributed by atoms with E-state index in [0.29, 0.717) is 17.8 Å². The zero-order valence-electron chi connectivity index (χ0n) is 13.0. The predicted octanol–water partition coefficient (Wildman–Crippen LogP) is 3.24. The average Bonchev–Trinajstić information content (AvgIpc) is 2.34. The topological polar surface area (TPSA) is 72.2 Å². The molecule has 0 radical (unpaired) electrons. The highest BCUT2D eigenvalue weighted by Crippen LogP contribution is 2.55. The first-order valence-corrected chi connectivity index (χ1v) is 9.13. The van der Waals surface area contributed by atoms with Gasteiger partial charge in [-0.1, -0.05) is 34.8 Å². The minimum atomic E-state index is -1.97. The molecule has 0 aromatic carbocycles. The highest BCUT2D eigenvalue weighted by atomic mass is 35.6. The molecule has 0 heterocycles. The summed E-state index contributed by atoms with van der Waals surface area (Å²) in [4.78, 5) is 24.6. The number of alkyl halides is 3. The number of nitrogens with one attached hydrogen (secondary N) is 1. The molecule has 23 heavy (non-hydrogen) atoms. The first-order chi connectivity index (χ1) is 10.6. The van der Waals surface area contributed by atoms with Gasteiger partial charge >= 0.3 is 0 Å². The Kier molecular flexibility index (Phi) is 4.40. The summed E-state index contributed by atoms with van der Waals surface area (Å²) in [6.07, 6.45) is 6.72. The first-order valence-electron chi connectivity index (χ1n) is 8.00. The molecule has 0 aromatic heterocycles. The van der Waals surface area contributed by atoms with Gasteiger partial charge in [-0.3, -0.25) is 9.59 Å². The number of carbonyl (C=O) groups is 2. The van der Waals surface area contributed by atoms with Crippen molar-refractivity contribution in [2.45, 2.75) is 54.8 Å². The minimum Gasteiger partial charge on any atom is -0.398 e. The molecule has 3 N–H and O–H groups in total. The molecule has 4 nitrogen and oxygen atoms in total. The van der Waals surface area contributed by atoms with E-state index in [9.17, 15) is 9.59 Å². The number of nitrogens with two attached hydrogens (primary N) is 1. The van der Waals surface area contributed by atoms with Gasteiger partial charge in [0.25, 0.3) is 5.91 Å². The van der Waals surface area contributed by atoms with Crippen LogP contribution in [-0.2, 0) is 9.59 Å². The Hall–Kier alpha value is -0.450. The molecule has 0 aromatic rings. The Morgan fingerprint density at radius 3 is 1.83 bits per heavy atom. The molecule has 128 valence electrons. The number of halogens is 3. The minimum absolute atomic E-state index is 0.222. The third-order valence-electron chi connectivity index (χ3n) is 5.57. The van der Waals surface area contributed by atoms with E-state index in [1.807, 2.05) is 0 Å². The van der Waals surface area contributed by atoms with E-state index in [0.717, 1.165) is 19.3 Å². The summed E-state index contributed by atoms with van der Waals surface area (Å²) in [5, 5.41) is 3.09. The molecule has 0 saturated heterocycles. The molecule has 4 aliphatic rings. The summed E-state index contributed by atoms with van der Waals surface area (Å²) in [6, 6.07) is 0. The Bertz CT molecular complexity index is 545. The van der Waals surface area contributed by atoms with Crippen molar-refractivity contribution < 1.29 is 9.59 Å². The van der Waals surface area contributed by atoms with Crippen molar-refractivity contribution >= 4 is 46.5 Å². The zero-order valence-corrected chi connectivity index (χ0v) is 15.3. The highest BCUT2D eigenvalue weighted by molar-refractivity contribution is 6.69. The lowest BCUT2D eigenvalue weighted by Crippen LogP contribution is -2.60. The van der Waals surface area contributed by atoms with Crippen molar-refractivity contribution in [2.24, 2.45) is 23.5 Å². The number of ketones is 1. The van der Waals surface area contributed by atoms with Gasteiger partial charge in [0.1, 0.15) is 5.57 Å². The fourth-order valence-corrected chi connectivity index (χ4v) is 5.46. The van der Waals surface area contributed by atoms with Gasteiger partial charge in [-0.05, 0) is 63.2 Å². The van der Waals surface area contributed by atoms with E-state index >= 15 is 0 Å². The average molecular weight is 380 g/mol. The second-order valence-electron chi connectivity index (χ2n) is 7.49. The van der Waals surface area contributed by atoms with Crippen molar-refractivity contribution in [3.05, 3.63) is 11.3 Å². The lowest BCUT2D eigenvalue weighted by Gasteiger charge is -2.56. The third kappa shape index (κ3) is 3.35. The predicted molar refractivity (Wildman–Crippen MR) is 91.2 cm³/mol. The number of allylic oxidation sites excluding steroid dienone is 1. The number of hydrogen-bond donors (Lipinski definition) is 2. The van der Waals surface area contributed by atoms with E-state index in [-0.39, 0.29) is 16.8 Å². The van der Waals surface area contributed by atoms with Gasteiger partial charge in [0.2, 0.25) is 3.79 Å². The lowest BCUT2D eigenvalue weighted by molar-refractivity contribution is -0.126. The van der Waals surface area contributed by atoms with Crippen LogP contribution in [0.3, 0.4) is 0 Å². The van der Waals surface area contributed by atoms with Gasteiger partial charge in [0.05, 0.1) is 5.70 Å². The Labute approximate surface area is 151 Å². The number of amides is 1. The van der Waals surface area contributed by atoms with Gasteiger partial charge in [-0.15, -0.1) is 0 Å². The molecule has 4 saturated carbocycles. The van der Waals surface area contributed by atoms with Crippen LogP contribution in [0.1, 0.15) is 45.4 Å². The van der Waals surface area contributed by atoms with Gasteiger partial charge in [0, 0.05) is 5.54 Å². The zero-order chi connectivity index (χ0) is 17.0. The maximum atomic E-state index is 12.7. The summed E-state index contributed by atoms with van der Waals surface area (Å²) in [6.45, 7) is 1.26. The third-order valence-corrected chi connectivity index (χ3v) is 6.18. The fourth-order valence-electron chi connectivity index (χ4n) is 5.18. The second kappa shape index (κ2) is 5.82. The van der Waals surface area contributed by atoms with Gasteiger partial charge < -0.3 is 11.1 Å². The fraction of sp³-hybridized carbons (Fsp3) is 0.750. The highest BCUT2D eigenvalue weighted by Gasteiger charge is 2.52. The van der Waals surface area contributed by atoms with Crippen LogP contribution < -0.4 is 11.1 Å². The largest absolute Gasteiger partial charge is 0.398 e. The summed E-state index contributed by atoms with van der Waals surface area (Å²) in [7, 11) is 0. The maximum Gasteiger partial charge on any atom is 0.257 e. The van der Waals surface area contributed by atoms with Crippen molar-refractivity contribution in [3.8, 4) is 0 Å². The van der Waals surface area contributed by atoms with E-state index in [4.69, 9.17) is 40.5 Å². The summed E-state index contributed by atoms with van der Waals surface area (Å²) in [5.74, 6) is 1.03. The quantitative estimate of drug-likeness (QED) is 0.342. The Morgan fingerprint density at radius 2 is 1.48 bits per heavy atom. The smallest absolute Gasteiger partial charge is 0.257 e. The van der Waals surface area contributed by atoms with Crippen LogP contribution in [0.25, 0.3) is 0 Å². The van der Waals surface area contributed by atoms with Crippen molar-refractivity contribution in [3.63, 3.8) is 0 Å². The van der Waals surface area contributed by atoms with Crippen molar-refractivity contribution in [1.82, 2.24) is 5.32 Å². The van der Waals surface area contributed by atoms with Crippen LogP contribution in [0.5, 0.6) is 0 Å². The molecule has 4 rings (SSSR count). The van der Waals surface area contributed by atoms with Crippen molar-refractivity contribution in [2.75, 3.05) is 0 Å². The normalized spacial score (nSPS) is 36.6. The second-order valence-corrected chi connectivity index (χ2v) is 9.78. The monoisotopic (exact) mass is 378 g/mol. The number of carbonyl (C=O) groups excluding carboxylic acids is 2. The Balaban J connectivity index is 1.84. The molecule has 4 aliphatic carbocycles. The number of Topliss-reactive ketones (excluding diaryl/α,β-unsaturated/α-hetero) is 1. The molecular formula is C16H21Cl3N2O2. The number of hydrogen-bond acceptors (Lipinski definition) is 3. The molecule has 4 bridgehead atoms. The molecule has 0 aliphatic heterocycles. The van der Waals surface area contributed by atoms with Gasteiger partial charge in [-0.2, -0.15) is 0 Å². The lowest BCUT2D eigenvalue weighted by atomic mass is 9.53. The maximum absolute atomic E-state index is 12.7. The van der Waals surface area contributed by atoms with Crippen LogP contribution in [0, 0.1) is 17.8 Å². The van der Waals surface area contributed by atoms with Gasteiger partial charge in [-0.25, -0.2) is 0 Å². The molecule has 4 fully saturated rings. The molecule has 0 unspecified atom stereocenters. The Morgan fingerprint density at radius 1 is 1.04 bits per heavy atom. The van der Waals surface area contributed by atoms with E-state index in [2.05, 4.69) is 5.32 Å². The standard InChI is InChI=1S/C16H21Cl3N2O2/c1-8(22)12(13(20)16(17,18)19)14(23)21-15-5-9-2-10(6-15)4-11(3-9)7-15/h9-11H,2-7,20H2,1H3,(H,21,23). The molecule has 7 heteroatoms. The summed E-state index contributed by atoms with van der Waals surface area (Å²) < 4.78 is -1.97. The van der Waals surface area contributed by atoms with E-state index in [1.165, 1.54) is 26.2 Å². The number of rotatable bonds is 3. The van der Waals surface area contributed by atoms with Crippen LogP contribution in [0.2, 0.25) is 0 Å². The molecule has 0 atom stereocenters. The molecule has 1 amide bonds. The summed E-state index contributed by atoms with van der Waals surface area (Å²) in [5.41, 5.74) is 5.00. The van der Waals surface area contributed by atoms with Crippen LogP contribution in [0.4, 0.5) is 0 Å². The van der Waals surface area contributed by atoms with E-state index in [1.54, 1.807) is 0 Å². The summed E-state index contributed by atoms with van der Waals surface area (Å²) >= 11 is 17.3. The van der Waals surface area contributed by atoms with Crippen LogP contribution in [-0.4, -0.2) is 21.0 Å². The van der Waals surface area contributed by atoms with Crippen LogP contribution >= 0.6 is 34.8 Å². The van der Waals surface area contributed by atoms with Crippen molar-refractivity contribution in [1.29, 1.82) is 0 Å². The SMILES string of the molecule is CC(=O)C(C(=O)NC12CC3CC(CC(C3)C1)C2)=C(N)C(Cl)(Cl)Cl. The van der Waals surface area contributed by atoms with Gasteiger partial charge in [0.15, 0.2) is 5.78 Å².